The Bertz CT molecular complexity index is 489. The van der Waals surface area contributed by atoms with Crippen molar-refractivity contribution in [2.45, 2.75) is 18.9 Å². The van der Waals surface area contributed by atoms with Crippen molar-refractivity contribution < 1.29 is 5.11 Å². The van der Waals surface area contributed by atoms with E-state index in [1.54, 1.807) is 6.20 Å². The number of pyridine rings is 1. The van der Waals surface area contributed by atoms with E-state index in [1.807, 2.05) is 37.3 Å². The minimum Gasteiger partial charge on any atom is -0.396 e. The van der Waals surface area contributed by atoms with Gasteiger partial charge in [0.2, 0.25) is 0 Å². The molecule has 3 N–H and O–H groups in total. The molecule has 16 heavy (non-hydrogen) atoms. The van der Waals surface area contributed by atoms with Gasteiger partial charge in [0, 0.05) is 23.7 Å². The van der Waals surface area contributed by atoms with E-state index in [1.165, 1.54) is 0 Å². The zero-order valence-corrected chi connectivity index (χ0v) is 9.35. The Morgan fingerprint density at radius 1 is 1.31 bits per heavy atom. The first-order valence-electron chi connectivity index (χ1n) is 5.39. The van der Waals surface area contributed by atoms with Crippen LogP contribution in [0.5, 0.6) is 0 Å². The molecule has 0 spiro atoms. The second kappa shape index (κ2) is 4.20. The summed E-state index contributed by atoms with van der Waals surface area (Å²) in [6, 6.07) is 9.84. The van der Waals surface area contributed by atoms with Crippen molar-refractivity contribution in [3.8, 4) is 0 Å². The Hall–Kier alpha value is -1.45. The van der Waals surface area contributed by atoms with Crippen LogP contribution in [0.3, 0.4) is 0 Å². The average Bonchev–Trinajstić information content (AvgIpc) is 2.28. The van der Waals surface area contributed by atoms with Crippen LogP contribution in [0.25, 0.3) is 10.9 Å². The molecule has 0 aliphatic heterocycles. The van der Waals surface area contributed by atoms with E-state index in [0.29, 0.717) is 6.42 Å². The number of benzene rings is 1. The molecule has 2 rings (SSSR count). The van der Waals surface area contributed by atoms with Gasteiger partial charge in [-0.15, -0.1) is 0 Å². The predicted octanol–water partition coefficient (Wildman–Crippen LogP) is 1.79. The highest BCUT2D eigenvalue weighted by molar-refractivity contribution is 5.82. The Balaban J connectivity index is 2.60. The summed E-state index contributed by atoms with van der Waals surface area (Å²) in [4.78, 5) is 4.30. The number of rotatable bonds is 3. The molecule has 1 heterocycles. The topological polar surface area (TPSA) is 59.1 Å². The van der Waals surface area contributed by atoms with Crippen LogP contribution in [-0.2, 0) is 5.54 Å². The average molecular weight is 216 g/mol. The van der Waals surface area contributed by atoms with Crippen LogP contribution in [-0.4, -0.2) is 16.7 Å². The maximum atomic E-state index is 9.04. The molecule has 0 fully saturated rings. The van der Waals surface area contributed by atoms with E-state index in [9.17, 15) is 0 Å². The summed E-state index contributed by atoms with van der Waals surface area (Å²) in [5, 5.41) is 10.1. The Morgan fingerprint density at radius 3 is 2.81 bits per heavy atom. The Kier molecular flexibility index (Phi) is 2.90. The predicted molar refractivity (Wildman–Crippen MR) is 65.0 cm³/mol. The molecule has 84 valence electrons. The van der Waals surface area contributed by atoms with Crippen LogP contribution in [0.4, 0.5) is 0 Å². The molecule has 0 aliphatic carbocycles. The third-order valence-corrected chi connectivity index (χ3v) is 2.90. The van der Waals surface area contributed by atoms with E-state index in [0.717, 1.165) is 16.5 Å². The van der Waals surface area contributed by atoms with Crippen LogP contribution >= 0.6 is 0 Å². The van der Waals surface area contributed by atoms with Crippen molar-refractivity contribution in [3.05, 3.63) is 42.1 Å². The number of aromatic nitrogens is 1. The first kappa shape index (κ1) is 11.0. The van der Waals surface area contributed by atoms with E-state index in [4.69, 9.17) is 10.8 Å². The number of nitrogens with two attached hydrogens (primary N) is 1. The number of hydrogen-bond donors (Lipinski definition) is 2. The van der Waals surface area contributed by atoms with E-state index in [-0.39, 0.29) is 6.61 Å². The van der Waals surface area contributed by atoms with Gasteiger partial charge in [-0.25, -0.2) is 0 Å². The normalized spacial score (nSPS) is 14.9. The highest BCUT2D eigenvalue weighted by Gasteiger charge is 2.22. The molecule has 0 radical (unpaired) electrons. The summed E-state index contributed by atoms with van der Waals surface area (Å²) in [6.07, 6.45) is 2.31. The molecular formula is C13H16N2O. The molecule has 3 nitrogen and oxygen atoms in total. The number of nitrogens with zero attached hydrogens (tertiary/aromatic N) is 1. The Morgan fingerprint density at radius 2 is 2.06 bits per heavy atom. The van der Waals surface area contributed by atoms with Gasteiger partial charge < -0.3 is 10.8 Å². The maximum Gasteiger partial charge on any atom is 0.0705 e. The number of fused-ring (bicyclic) bond motifs is 1. The van der Waals surface area contributed by atoms with Gasteiger partial charge in [0.25, 0.3) is 0 Å². The fraction of sp³-hybridized carbons (Fsp3) is 0.308. The van der Waals surface area contributed by atoms with Crippen molar-refractivity contribution in [2.24, 2.45) is 5.73 Å². The minimum atomic E-state index is -0.517. The molecule has 1 aromatic heterocycles. The number of para-hydroxylation sites is 1. The lowest BCUT2D eigenvalue weighted by molar-refractivity contribution is 0.248. The quantitative estimate of drug-likeness (QED) is 0.822. The van der Waals surface area contributed by atoms with Gasteiger partial charge in [0.05, 0.1) is 5.52 Å². The monoisotopic (exact) mass is 216 g/mol. The molecule has 3 heteroatoms. The molecule has 0 saturated heterocycles. The van der Waals surface area contributed by atoms with Gasteiger partial charge in [-0.05, 0) is 31.0 Å². The van der Waals surface area contributed by atoms with Gasteiger partial charge in [-0.3, -0.25) is 4.98 Å². The SMILES string of the molecule is CC(N)(CCO)c1ccnc2ccccc12. The second-order valence-electron chi connectivity index (χ2n) is 4.27. The van der Waals surface area contributed by atoms with Crippen LogP contribution in [0.2, 0.25) is 0 Å². The number of aliphatic hydroxyl groups excluding tert-OH is 1. The highest BCUT2D eigenvalue weighted by Crippen LogP contribution is 2.27. The summed E-state index contributed by atoms with van der Waals surface area (Å²) in [5.74, 6) is 0. The molecule has 0 aliphatic rings. The van der Waals surface area contributed by atoms with Crippen molar-refractivity contribution in [3.63, 3.8) is 0 Å². The Labute approximate surface area is 94.9 Å². The minimum absolute atomic E-state index is 0.0870. The third kappa shape index (κ3) is 1.92. The van der Waals surface area contributed by atoms with Crippen LogP contribution in [0.15, 0.2) is 36.5 Å². The lowest BCUT2D eigenvalue weighted by Crippen LogP contribution is -2.34. The zero-order chi connectivity index (χ0) is 11.6. The third-order valence-electron chi connectivity index (χ3n) is 2.90. The van der Waals surface area contributed by atoms with Crippen LogP contribution in [0, 0.1) is 0 Å². The summed E-state index contributed by atoms with van der Waals surface area (Å²) in [7, 11) is 0. The fourth-order valence-electron chi connectivity index (χ4n) is 1.96. The van der Waals surface area contributed by atoms with Gasteiger partial charge >= 0.3 is 0 Å². The van der Waals surface area contributed by atoms with E-state index in [2.05, 4.69) is 4.98 Å². The lowest BCUT2D eigenvalue weighted by Gasteiger charge is -2.25. The first-order chi connectivity index (χ1) is 7.65. The molecule has 0 bridgehead atoms. The maximum absolute atomic E-state index is 9.04. The summed E-state index contributed by atoms with van der Waals surface area (Å²) >= 11 is 0. The second-order valence-corrected chi connectivity index (χ2v) is 4.27. The zero-order valence-electron chi connectivity index (χ0n) is 9.35. The molecular weight excluding hydrogens is 200 g/mol. The van der Waals surface area contributed by atoms with Crippen molar-refractivity contribution in [1.29, 1.82) is 0 Å². The van der Waals surface area contributed by atoms with Gasteiger partial charge in [-0.2, -0.15) is 0 Å². The van der Waals surface area contributed by atoms with Gasteiger partial charge in [0.1, 0.15) is 0 Å². The first-order valence-corrected chi connectivity index (χ1v) is 5.39. The molecule has 0 amide bonds. The highest BCUT2D eigenvalue weighted by atomic mass is 16.3. The van der Waals surface area contributed by atoms with Crippen molar-refractivity contribution in [1.82, 2.24) is 4.98 Å². The number of aliphatic hydroxyl groups is 1. The lowest BCUT2D eigenvalue weighted by atomic mass is 9.88. The standard InChI is InChI=1S/C13H16N2O/c1-13(14,7-9-16)11-6-8-15-12-5-3-2-4-10(11)12/h2-6,8,16H,7,9,14H2,1H3. The molecule has 1 atom stereocenters. The number of hydrogen-bond acceptors (Lipinski definition) is 3. The van der Waals surface area contributed by atoms with Crippen molar-refractivity contribution in [2.75, 3.05) is 6.61 Å². The molecule has 0 saturated carbocycles. The molecule has 2 aromatic rings. The smallest absolute Gasteiger partial charge is 0.0705 e. The van der Waals surface area contributed by atoms with E-state index >= 15 is 0 Å². The van der Waals surface area contributed by atoms with Gasteiger partial charge in [-0.1, -0.05) is 18.2 Å². The van der Waals surface area contributed by atoms with Gasteiger partial charge in [0.15, 0.2) is 0 Å². The van der Waals surface area contributed by atoms with E-state index < -0.39 is 5.54 Å². The summed E-state index contributed by atoms with van der Waals surface area (Å²) in [6.45, 7) is 2.02. The fourth-order valence-corrected chi connectivity index (χ4v) is 1.96. The molecule has 1 unspecified atom stereocenters. The van der Waals surface area contributed by atoms with Crippen LogP contribution < -0.4 is 5.73 Å². The van der Waals surface area contributed by atoms with Crippen LogP contribution in [0.1, 0.15) is 18.9 Å². The summed E-state index contributed by atoms with van der Waals surface area (Å²) < 4.78 is 0. The van der Waals surface area contributed by atoms with Crippen molar-refractivity contribution >= 4 is 10.9 Å². The largest absolute Gasteiger partial charge is 0.396 e. The summed E-state index contributed by atoms with van der Waals surface area (Å²) in [5.41, 5.74) is 7.68. The molecule has 1 aromatic carbocycles.